The molecule has 0 aliphatic rings. The molecule has 0 unspecified atom stereocenters. The maximum Gasteiger partial charge on any atom is 0.354 e. The monoisotopic (exact) mass is 266 g/mol. The summed E-state index contributed by atoms with van der Waals surface area (Å²) in [6, 6.07) is 2.74. The van der Waals surface area contributed by atoms with E-state index in [2.05, 4.69) is 4.98 Å². The summed E-state index contributed by atoms with van der Waals surface area (Å²) in [5.74, 6) is -1.17. The lowest BCUT2D eigenvalue weighted by Crippen LogP contribution is -2.32. The van der Waals surface area contributed by atoms with Crippen molar-refractivity contribution in [3.05, 3.63) is 23.5 Å². The fourth-order valence-electron chi connectivity index (χ4n) is 1.68. The molecular weight excluding hydrogens is 248 g/mol. The van der Waals surface area contributed by atoms with Crippen molar-refractivity contribution in [2.24, 2.45) is 0 Å². The number of hydrogen-bond acceptors (Lipinski definition) is 4. The Morgan fingerprint density at radius 1 is 1.32 bits per heavy atom. The molecule has 0 aliphatic carbocycles. The summed E-state index contributed by atoms with van der Waals surface area (Å²) in [6.45, 7) is 4.99. The van der Waals surface area contributed by atoms with Gasteiger partial charge in [-0.3, -0.25) is 4.79 Å². The largest absolute Gasteiger partial charge is 0.497 e. The Hall–Kier alpha value is -2.11. The lowest BCUT2D eigenvalue weighted by Gasteiger charge is -2.19. The van der Waals surface area contributed by atoms with Gasteiger partial charge < -0.3 is 14.7 Å². The second-order valence-corrected chi connectivity index (χ2v) is 3.97. The molecule has 1 N–H and O–H groups in total. The van der Waals surface area contributed by atoms with E-state index in [0.717, 1.165) is 6.42 Å². The molecular formula is C13H18N2O4. The molecule has 19 heavy (non-hydrogen) atoms. The maximum absolute atomic E-state index is 12.2. The zero-order valence-corrected chi connectivity index (χ0v) is 11.3. The summed E-state index contributed by atoms with van der Waals surface area (Å²) in [4.78, 5) is 28.7. The number of nitrogens with zero attached hydrogens (tertiary/aromatic N) is 2. The molecule has 1 rings (SSSR count). The first-order valence-corrected chi connectivity index (χ1v) is 6.12. The lowest BCUT2D eigenvalue weighted by molar-refractivity contribution is 0.0689. The number of carboxylic acids is 1. The minimum absolute atomic E-state index is 0.0899. The van der Waals surface area contributed by atoms with Crippen LogP contribution in [0.25, 0.3) is 0 Å². The minimum atomic E-state index is -1.19. The van der Waals surface area contributed by atoms with Gasteiger partial charge in [-0.1, -0.05) is 6.92 Å². The van der Waals surface area contributed by atoms with Gasteiger partial charge in [0.25, 0.3) is 5.91 Å². The average molecular weight is 266 g/mol. The summed E-state index contributed by atoms with van der Waals surface area (Å²) in [5, 5.41) is 8.97. The second kappa shape index (κ2) is 6.72. The van der Waals surface area contributed by atoms with E-state index in [1.165, 1.54) is 19.2 Å². The zero-order chi connectivity index (χ0) is 14.4. The van der Waals surface area contributed by atoms with Crippen molar-refractivity contribution in [2.45, 2.75) is 20.3 Å². The summed E-state index contributed by atoms with van der Waals surface area (Å²) in [5.41, 5.74) is -0.109. The van der Waals surface area contributed by atoms with E-state index in [9.17, 15) is 9.59 Å². The number of carbonyl (C=O) groups is 2. The number of ether oxygens (including phenoxy) is 1. The summed E-state index contributed by atoms with van der Waals surface area (Å²) >= 11 is 0. The predicted molar refractivity (Wildman–Crippen MR) is 69.6 cm³/mol. The molecule has 1 aromatic heterocycles. The number of aromatic carboxylic acids is 1. The van der Waals surface area contributed by atoms with Gasteiger partial charge in [-0.05, 0) is 13.3 Å². The van der Waals surface area contributed by atoms with Crippen molar-refractivity contribution in [1.29, 1.82) is 0 Å². The van der Waals surface area contributed by atoms with E-state index in [1.54, 1.807) is 4.90 Å². The van der Waals surface area contributed by atoms with E-state index in [-0.39, 0.29) is 17.3 Å². The molecule has 0 spiro atoms. The topological polar surface area (TPSA) is 79.7 Å². The molecule has 0 saturated carbocycles. The number of hydrogen-bond donors (Lipinski definition) is 1. The molecule has 0 radical (unpaired) electrons. The summed E-state index contributed by atoms with van der Waals surface area (Å²) in [7, 11) is 1.42. The predicted octanol–water partition coefficient (Wildman–Crippen LogP) is 1.66. The SMILES string of the molecule is CCCN(CC)C(=O)c1cc(OC)cc(C(=O)O)n1. The molecule has 0 saturated heterocycles. The first-order chi connectivity index (χ1) is 9.03. The molecule has 104 valence electrons. The lowest BCUT2D eigenvalue weighted by atomic mass is 10.2. The number of pyridine rings is 1. The van der Waals surface area contributed by atoms with Crippen LogP contribution in [0, 0.1) is 0 Å². The fourth-order valence-corrected chi connectivity index (χ4v) is 1.68. The van der Waals surface area contributed by atoms with E-state index < -0.39 is 5.97 Å². The zero-order valence-electron chi connectivity index (χ0n) is 11.3. The molecule has 1 amide bonds. The Morgan fingerprint density at radius 3 is 2.42 bits per heavy atom. The smallest absolute Gasteiger partial charge is 0.354 e. The Kier molecular flexibility index (Phi) is 5.29. The highest BCUT2D eigenvalue weighted by Crippen LogP contribution is 2.15. The van der Waals surface area contributed by atoms with Crippen molar-refractivity contribution < 1.29 is 19.4 Å². The van der Waals surface area contributed by atoms with Gasteiger partial charge in [0.1, 0.15) is 11.4 Å². The van der Waals surface area contributed by atoms with E-state index in [4.69, 9.17) is 9.84 Å². The molecule has 0 fully saturated rings. The highest BCUT2D eigenvalue weighted by atomic mass is 16.5. The molecule has 1 heterocycles. The normalized spacial score (nSPS) is 10.1. The van der Waals surface area contributed by atoms with Crippen LogP contribution in [0.1, 0.15) is 41.2 Å². The average Bonchev–Trinajstić information content (AvgIpc) is 2.43. The van der Waals surface area contributed by atoms with Crippen LogP contribution in [-0.4, -0.2) is 47.1 Å². The Balaban J connectivity index is 3.14. The van der Waals surface area contributed by atoms with Crippen LogP contribution >= 0.6 is 0 Å². The Morgan fingerprint density at radius 2 is 1.95 bits per heavy atom. The van der Waals surface area contributed by atoms with Gasteiger partial charge in [0.2, 0.25) is 0 Å². The van der Waals surface area contributed by atoms with Gasteiger partial charge in [0.15, 0.2) is 5.69 Å². The van der Waals surface area contributed by atoms with Crippen LogP contribution in [-0.2, 0) is 0 Å². The van der Waals surface area contributed by atoms with Crippen LogP contribution in [0.4, 0.5) is 0 Å². The Labute approximate surface area is 112 Å². The van der Waals surface area contributed by atoms with E-state index in [1.807, 2.05) is 13.8 Å². The van der Waals surface area contributed by atoms with Crippen molar-refractivity contribution in [1.82, 2.24) is 9.88 Å². The standard InChI is InChI=1S/C13H18N2O4/c1-4-6-15(5-2)12(16)10-7-9(19-3)8-11(14-10)13(17)18/h7-8H,4-6H2,1-3H3,(H,17,18). The van der Waals surface area contributed by atoms with Crippen molar-refractivity contribution >= 4 is 11.9 Å². The van der Waals surface area contributed by atoms with Gasteiger partial charge in [0.05, 0.1) is 7.11 Å². The number of rotatable bonds is 6. The third-order valence-electron chi connectivity index (χ3n) is 2.64. The third-order valence-corrected chi connectivity index (χ3v) is 2.64. The van der Waals surface area contributed by atoms with Gasteiger partial charge >= 0.3 is 5.97 Å². The minimum Gasteiger partial charge on any atom is -0.497 e. The maximum atomic E-state index is 12.2. The van der Waals surface area contributed by atoms with Crippen LogP contribution in [0.3, 0.4) is 0 Å². The highest BCUT2D eigenvalue weighted by molar-refractivity contribution is 5.94. The van der Waals surface area contributed by atoms with Gasteiger partial charge in [-0.2, -0.15) is 0 Å². The van der Waals surface area contributed by atoms with Crippen molar-refractivity contribution in [3.8, 4) is 5.75 Å². The van der Waals surface area contributed by atoms with Crippen molar-refractivity contribution in [3.63, 3.8) is 0 Å². The molecule has 1 aromatic rings. The van der Waals surface area contributed by atoms with Crippen LogP contribution in [0.5, 0.6) is 5.75 Å². The molecule has 0 aliphatic heterocycles. The third kappa shape index (κ3) is 3.67. The first kappa shape index (κ1) is 14.9. The van der Waals surface area contributed by atoms with Gasteiger partial charge in [-0.25, -0.2) is 9.78 Å². The van der Waals surface area contributed by atoms with E-state index >= 15 is 0 Å². The first-order valence-electron chi connectivity index (χ1n) is 6.12. The summed E-state index contributed by atoms with van der Waals surface area (Å²) in [6.07, 6.45) is 0.829. The molecule has 0 atom stereocenters. The molecule has 0 aromatic carbocycles. The fraction of sp³-hybridized carbons (Fsp3) is 0.462. The van der Waals surface area contributed by atoms with Gasteiger partial charge in [0, 0.05) is 25.2 Å². The highest BCUT2D eigenvalue weighted by Gasteiger charge is 2.18. The van der Waals surface area contributed by atoms with E-state index in [0.29, 0.717) is 18.8 Å². The molecule has 6 heteroatoms. The second-order valence-electron chi connectivity index (χ2n) is 3.97. The number of amides is 1. The van der Waals surface area contributed by atoms with Crippen LogP contribution < -0.4 is 4.74 Å². The quantitative estimate of drug-likeness (QED) is 0.847. The summed E-state index contributed by atoms with van der Waals surface area (Å²) < 4.78 is 5.00. The molecule has 0 bridgehead atoms. The Bertz CT molecular complexity index is 474. The number of carboxylic acid groups (broad SMARTS) is 1. The van der Waals surface area contributed by atoms with Crippen molar-refractivity contribution in [2.75, 3.05) is 20.2 Å². The van der Waals surface area contributed by atoms with Crippen LogP contribution in [0.15, 0.2) is 12.1 Å². The van der Waals surface area contributed by atoms with Crippen LogP contribution in [0.2, 0.25) is 0 Å². The van der Waals surface area contributed by atoms with Gasteiger partial charge in [-0.15, -0.1) is 0 Å². The number of methoxy groups -OCH3 is 1. The number of carbonyl (C=O) groups excluding carboxylic acids is 1. The molecule has 6 nitrogen and oxygen atoms in total. The number of aromatic nitrogens is 1.